The lowest BCUT2D eigenvalue weighted by atomic mass is 10.1. The molecule has 0 spiro atoms. The number of ether oxygens (including phenoxy) is 3. The molecule has 0 amide bonds. The Morgan fingerprint density at radius 2 is 2.08 bits per heavy atom. The number of aliphatic hydroxyl groups is 1. The van der Waals surface area contributed by atoms with E-state index in [1.165, 1.54) is 0 Å². The van der Waals surface area contributed by atoms with Gasteiger partial charge in [-0.15, -0.1) is 0 Å². The quantitative estimate of drug-likeness (QED) is 0.558. The van der Waals surface area contributed by atoms with Gasteiger partial charge in [0.25, 0.3) is 0 Å². The molecular formula is C8H12O5. The molecule has 0 aromatic carbocycles. The van der Waals surface area contributed by atoms with E-state index in [9.17, 15) is 9.90 Å². The van der Waals surface area contributed by atoms with Crippen molar-refractivity contribution in [3.8, 4) is 0 Å². The van der Waals surface area contributed by atoms with Crippen LogP contribution in [0.15, 0.2) is 0 Å². The number of carbonyl (C=O) groups is 1. The molecule has 2 fully saturated rings. The summed E-state index contributed by atoms with van der Waals surface area (Å²) in [5, 5.41) is 9.53. The van der Waals surface area contributed by atoms with Crippen LogP contribution in [-0.2, 0) is 19.0 Å². The van der Waals surface area contributed by atoms with Gasteiger partial charge in [-0.25, -0.2) is 0 Å². The topological polar surface area (TPSA) is 65.0 Å². The van der Waals surface area contributed by atoms with Crippen LogP contribution in [0.3, 0.4) is 0 Å². The Hall–Kier alpha value is -0.490. The fourth-order valence-electron chi connectivity index (χ4n) is 1.63. The van der Waals surface area contributed by atoms with Crippen LogP contribution in [0.2, 0.25) is 0 Å². The Labute approximate surface area is 75.6 Å². The number of fused-ring (bicyclic) bond motifs is 1. The van der Waals surface area contributed by atoms with Crippen molar-refractivity contribution in [2.45, 2.75) is 44.2 Å². The van der Waals surface area contributed by atoms with Crippen molar-refractivity contribution in [3.05, 3.63) is 0 Å². The molecule has 2 aliphatic rings. The van der Waals surface area contributed by atoms with Gasteiger partial charge < -0.3 is 24.1 Å². The standard InChI is InChI=1S/C8H12O5/c1-8(2)12-6-5(10)4(3-9)11-7(6)13-8/h3-7,10H,1-2H3/t4-,5?,6?,7-/m1/s1. The number of carbonyl (C=O) groups excluding carboxylic acids is 1. The highest BCUT2D eigenvalue weighted by molar-refractivity contribution is 5.58. The highest BCUT2D eigenvalue weighted by atomic mass is 16.8. The third kappa shape index (κ3) is 1.38. The van der Waals surface area contributed by atoms with Crippen molar-refractivity contribution >= 4 is 6.29 Å². The van der Waals surface area contributed by atoms with E-state index in [-0.39, 0.29) is 0 Å². The van der Waals surface area contributed by atoms with Crippen LogP contribution in [0.25, 0.3) is 0 Å². The molecule has 0 aliphatic carbocycles. The van der Waals surface area contributed by atoms with Crippen molar-refractivity contribution < 1.29 is 24.1 Å². The van der Waals surface area contributed by atoms with Gasteiger partial charge in [0.1, 0.15) is 18.3 Å². The van der Waals surface area contributed by atoms with Crippen LogP contribution in [0, 0.1) is 0 Å². The van der Waals surface area contributed by atoms with Crippen molar-refractivity contribution in [1.29, 1.82) is 0 Å². The van der Waals surface area contributed by atoms with E-state index in [0.717, 1.165) is 0 Å². The summed E-state index contributed by atoms with van der Waals surface area (Å²) in [7, 11) is 0. The zero-order valence-corrected chi connectivity index (χ0v) is 7.47. The summed E-state index contributed by atoms with van der Waals surface area (Å²) in [6, 6.07) is 0. The summed E-state index contributed by atoms with van der Waals surface area (Å²) in [5.74, 6) is -0.746. The number of aldehydes is 1. The monoisotopic (exact) mass is 188 g/mol. The second-order valence-electron chi connectivity index (χ2n) is 3.70. The number of hydrogen-bond acceptors (Lipinski definition) is 5. The molecule has 13 heavy (non-hydrogen) atoms. The predicted molar refractivity (Wildman–Crippen MR) is 40.8 cm³/mol. The highest BCUT2D eigenvalue weighted by Gasteiger charge is 2.54. The molecule has 74 valence electrons. The summed E-state index contributed by atoms with van der Waals surface area (Å²) in [6.07, 6.45) is -2.37. The molecule has 0 saturated carbocycles. The normalized spacial score (nSPS) is 47.6. The molecule has 5 heteroatoms. The minimum Gasteiger partial charge on any atom is -0.387 e. The molecule has 5 nitrogen and oxygen atoms in total. The van der Waals surface area contributed by atoms with Crippen LogP contribution in [0.4, 0.5) is 0 Å². The second kappa shape index (κ2) is 2.75. The van der Waals surface area contributed by atoms with Crippen LogP contribution in [-0.4, -0.2) is 41.8 Å². The smallest absolute Gasteiger partial charge is 0.190 e. The second-order valence-corrected chi connectivity index (χ2v) is 3.70. The molecule has 0 aromatic heterocycles. The molecule has 2 saturated heterocycles. The maximum Gasteiger partial charge on any atom is 0.190 e. The molecule has 2 unspecified atom stereocenters. The molecule has 2 rings (SSSR count). The van der Waals surface area contributed by atoms with E-state index >= 15 is 0 Å². The number of rotatable bonds is 1. The summed E-state index contributed by atoms with van der Waals surface area (Å²) in [6.45, 7) is 3.47. The highest BCUT2D eigenvalue weighted by Crippen LogP contribution is 2.36. The molecule has 2 heterocycles. The van der Waals surface area contributed by atoms with Crippen LogP contribution >= 0.6 is 0 Å². The first-order chi connectivity index (χ1) is 6.03. The lowest BCUT2D eigenvalue weighted by molar-refractivity contribution is -0.212. The van der Waals surface area contributed by atoms with E-state index in [1.54, 1.807) is 13.8 Å². The van der Waals surface area contributed by atoms with Gasteiger partial charge in [0, 0.05) is 0 Å². The van der Waals surface area contributed by atoms with Crippen LogP contribution < -0.4 is 0 Å². The molecule has 4 atom stereocenters. The Kier molecular flexibility index (Phi) is 1.92. The van der Waals surface area contributed by atoms with Crippen molar-refractivity contribution in [3.63, 3.8) is 0 Å². The minimum absolute atomic E-state index is 0.551. The van der Waals surface area contributed by atoms with Crippen molar-refractivity contribution in [2.75, 3.05) is 0 Å². The van der Waals surface area contributed by atoms with Gasteiger partial charge in [0.15, 0.2) is 18.4 Å². The maximum absolute atomic E-state index is 10.4. The van der Waals surface area contributed by atoms with E-state index in [2.05, 4.69) is 0 Å². The summed E-state index contributed by atoms with van der Waals surface area (Å²) in [5.41, 5.74) is 0. The molecule has 0 aromatic rings. The van der Waals surface area contributed by atoms with Crippen molar-refractivity contribution in [1.82, 2.24) is 0 Å². The summed E-state index contributed by atoms with van der Waals surface area (Å²) in [4.78, 5) is 10.4. The van der Waals surface area contributed by atoms with E-state index < -0.39 is 30.4 Å². The molecule has 2 aliphatic heterocycles. The Morgan fingerprint density at radius 3 is 2.62 bits per heavy atom. The fraction of sp³-hybridized carbons (Fsp3) is 0.875. The summed E-state index contributed by atoms with van der Waals surface area (Å²) < 4.78 is 15.8. The lowest BCUT2D eigenvalue weighted by Gasteiger charge is -2.20. The first-order valence-corrected chi connectivity index (χ1v) is 4.18. The molecular weight excluding hydrogens is 176 g/mol. The SMILES string of the molecule is CC1(C)OC2C(O)[C@@H](C=O)O[C@@H]2O1. The van der Waals surface area contributed by atoms with Crippen LogP contribution in [0.5, 0.6) is 0 Å². The van der Waals surface area contributed by atoms with Gasteiger partial charge in [-0.3, -0.25) is 0 Å². The van der Waals surface area contributed by atoms with Gasteiger partial charge in [0.2, 0.25) is 0 Å². The average molecular weight is 188 g/mol. The zero-order valence-electron chi connectivity index (χ0n) is 7.47. The largest absolute Gasteiger partial charge is 0.387 e. The van der Waals surface area contributed by atoms with Crippen molar-refractivity contribution in [2.24, 2.45) is 0 Å². The Balaban J connectivity index is 2.11. The van der Waals surface area contributed by atoms with E-state index in [4.69, 9.17) is 14.2 Å². The number of aliphatic hydroxyl groups excluding tert-OH is 1. The third-order valence-corrected chi connectivity index (χ3v) is 2.19. The van der Waals surface area contributed by atoms with Gasteiger partial charge in [-0.1, -0.05) is 0 Å². The third-order valence-electron chi connectivity index (χ3n) is 2.19. The van der Waals surface area contributed by atoms with Gasteiger partial charge >= 0.3 is 0 Å². The summed E-state index contributed by atoms with van der Waals surface area (Å²) >= 11 is 0. The van der Waals surface area contributed by atoms with Gasteiger partial charge in [0.05, 0.1) is 0 Å². The average Bonchev–Trinajstić information content (AvgIpc) is 2.47. The Bertz CT molecular complexity index is 227. The van der Waals surface area contributed by atoms with Gasteiger partial charge in [-0.2, -0.15) is 0 Å². The lowest BCUT2D eigenvalue weighted by Crippen LogP contribution is -2.35. The van der Waals surface area contributed by atoms with Crippen LogP contribution in [0.1, 0.15) is 13.8 Å². The minimum atomic E-state index is -0.927. The first kappa shape index (κ1) is 9.08. The maximum atomic E-state index is 10.4. The van der Waals surface area contributed by atoms with Gasteiger partial charge in [-0.05, 0) is 13.8 Å². The van der Waals surface area contributed by atoms with E-state index in [0.29, 0.717) is 6.29 Å². The first-order valence-electron chi connectivity index (χ1n) is 4.18. The Morgan fingerprint density at radius 1 is 1.38 bits per heavy atom. The molecule has 0 radical (unpaired) electrons. The predicted octanol–water partition coefficient (Wildman–Crippen LogP) is -0.577. The molecule has 0 bridgehead atoms. The van der Waals surface area contributed by atoms with E-state index in [1.807, 2.05) is 0 Å². The zero-order chi connectivity index (χ0) is 9.64. The fourth-order valence-corrected chi connectivity index (χ4v) is 1.63. The molecule has 1 N–H and O–H groups in total. The number of hydrogen-bond donors (Lipinski definition) is 1.